The number of hydrogen-bond acceptors (Lipinski definition) is 4. The zero-order valence-electron chi connectivity index (χ0n) is 18.1. The number of nitrogens with one attached hydrogen (secondary N) is 1. The van der Waals surface area contributed by atoms with Crippen molar-refractivity contribution in [3.8, 4) is 6.07 Å². The number of unbranched alkanes of at least 4 members (excludes halogenated alkanes) is 1. The van der Waals surface area contributed by atoms with Gasteiger partial charge < -0.3 is 10.1 Å². The van der Waals surface area contributed by atoms with Gasteiger partial charge in [0.25, 0.3) is 0 Å². The largest absolute Gasteiger partial charge is 0.464 e. The predicted octanol–water partition coefficient (Wildman–Crippen LogP) is 5.51. The summed E-state index contributed by atoms with van der Waals surface area (Å²) in [5.74, 6) is -0.902. The van der Waals surface area contributed by atoms with Crippen molar-refractivity contribution in [1.29, 1.82) is 5.26 Å². The lowest BCUT2D eigenvalue weighted by Gasteiger charge is -2.31. The maximum atomic E-state index is 12.6. The molecule has 0 aromatic carbocycles. The van der Waals surface area contributed by atoms with Crippen molar-refractivity contribution in [2.45, 2.75) is 86.1 Å². The Hall–Kier alpha value is -1.76. The fourth-order valence-corrected chi connectivity index (χ4v) is 3.41. The van der Waals surface area contributed by atoms with Gasteiger partial charge in [-0.25, -0.2) is 0 Å². The van der Waals surface area contributed by atoms with Crippen LogP contribution in [0.1, 0.15) is 80.1 Å². The number of rotatable bonds is 11. The van der Waals surface area contributed by atoms with Crippen LogP contribution in [0, 0.1) is 28.6 Å². The molecule has 0 radical (unpaired) electrons. The third-order valence-electron chi connectivity index (χ3n) is 5.29. The molecule has 0 aromatic heterocycles. The Labute approximate surface area is 166 Å². The van der Waals surface area contributed by atoms with Gasteiger partial charge in [-0.1, -0.05) is 60.0 Å². The first-order valence-corrected chi connectivity index (χ1v) is 10.5. The van der Waals surface area contributed by atoms with Gasteiger partial charge in [0.05, 0.1) is 12.7 Å². The summed E-state index contributed by atoms with van der Waals surface area (Å²) in [6, 6.07) is 2.53. The molecule has 4 nitrogen and oxygen atoms in total. The molecule has 27 heavy (non-hydrogen) atoms. The molecule has 0 heterocycles. The van der Waals surface area contributed by atoms with E-state index in [1.165, 1.54) is 0 Å². The topological polar surface area (TPSA) is 62.1 Å². The van der Waals surface area contributed by atoms with Gasteiger partial charge in [-0.2, -0.15) is 5.26 Å². The smallest absolute Gasteiger partial charge is 0.327 e. The highest BCUT2D eigenvalue weighted by Gasteiger charge is 2.30. The summed E-state index contributed by atoms with van der Waals surface area (Å²) in [4.78, 5) is 12.6. The second kappa shape index (κ2) is 11.2. The van der Waals surface area contributed by atoms with E-state index in [1.54, 1.807) is 0 Å². The minimum atomic E-state index is -0.859. The summed E-state index contributed by atoms with van der Waals surface area (Å²) >= 11 is 0. The van der Waals surface area contributed by atoms with Crippen LogP contribution in [0.25, 0.3) is 0 Å². The zero-order chi connectivity index (χ0) is 20.4. The summed E-state index contributed by atoms with van der Waals surface area (Å²) in [5, 5.41) is 13.2. The first kappa shape index (κ1) is 23.3. The molecule has 0 saturated heterocycles. The lowest BCUT2D eigenvalue weighted by atomic mass is 9.78. The molecular formula is C23H38N2O2. The van der Waals surface area contributed by atoms with Gasteiger partial charge in [-0.3, -0.25) is 4.79 Å². The third-order valence-corrected chi connectivity index (χ3v) is 5.29. The van der Waals surface area contributed by atoms with Crippen LogP contribution in [0.15, 0.2) is 23.4 Å². The molecule has 0 saturated carbocycles. The van der Waals surface area contributed by atoms with Gasteiger partial charge in [0.2, 0.25) is 0 Å². The first-order valence-electron chi connectivity index (χ1n) is 10.5. The molecule has 1 rings (SSSR count). The summed E-state index contributed by atoms with van der Waals surface area (Å²) in [6.07, 6.45) is 10.3. The second-order valence-corrected chi connectivity index (χ2v) is 8.54. The maximum Gasteiger partial charge on any atom is 0.327 e. The van der Waals surface area contributed by atoms with E-state index in [0.29, 0.717) is 18.6 Å². The number of hydrogen-bond donors (Lipinski definition) is 1. The molecule has 0 aliphatic heterocycles. The Morgan fingerprint density at radius 3 is 2.59 bits per heavy atom. The Morgan fingerprint density at radius 1 is 1.33 bits per heavy atom. The molecule has 3 atom stereocenters. The van der Waals surface area contributed by atoms with Crippen LogP contribution < -0.4 is 5.32 Å². The van der Waals surface area contributed by atoms with E-state index in [-0.39, 0.29) is 5.41 Å². The molecule has 1 aliphatic carbocycles. The Bertz CT molecular complexity index is 584. The molecule has 0 bridgehead atoms. The number of esters is 1. The van der Waals surface area contributed by atoms with Crippen LogP contribution in [0.2, 0.25) is 0 Å². The monoisotopic (exact) mass is 374 g/mol. The number of nitrogens with zero attached hydrogens (tertiary/aromatic N) is 1. The predicted molar refractivity (Wildman–Crippen MR) is 111 cm³/mol. The number of carbonyl (C=O) groups is 1. The van der Waals surface area contributed by atoms with Crippen molar-refractivity contribution in [2.24, 2.45) is 17.3 Å². The lowest BCUT2D eigenvalue weighted by Crippen LogP contribution is -2.31. The molecule has 0 aromatic rings. The molecule has 1 N–H and O–H groups in total. The molecule has 0 fully saturated rings. The molecule has 4 heteroatoms. The Balaban J connectivity index is 2.86. The van der Waals surface area contributed by atoms with Crippen molar-refractivity contribution < 1.29 is 9.53 Å². The van der Waals surface area contributed by atoms with Gasteiger partial charge in [0.1, 0.15) is 0 Å². The average molecular weight is 375 g/mol. The maximum absolute atomic E-state index is 12.6. The zero-order valence-corrected chi connectivity index (χ0v) is 18.1. The van der Waals surface area contributed by atoms with E-state index >= 15 is 0 Å². The van der Waals surface area contributed by atoms with Crippen LogP contribution in [-0.4, -0.2) is 18.6 Å². The lowest BCUT2D eigenvalue weighted by molar-refractivity contribution is -0.146. The summed E-state index contributed by atoms with van der Waals surface area (Å²) in [5.41, 5.74) is 1.75. The highest BCUT2D eigenvalue weighted by molar-refractivity contribution is 5.80. The highest BCUT2D eigenvalue weighted by atomic mass is 16.5. The van der Waals surface area contributed by atoms with Gasteiger partial charge in [0.15, 0.2) is 5.92 Å². The van der Waals surface area contributed by atoms with E-state index < -0.39 is 11.9 Å². The fourth-order valence-electron chi connectivity index (χ4n) is 3.41. The van der Waals surface area contributed by atoms with E-state index in [0.717, 1.165) is 49.8 Å². The third kappa shape index (κ3) is 7.79. The fraction of sp³-hybridized carbons (Fsp3) is 0.739. The minimum absolute atomic E-state index is 0.0949. The van der Waals surface area contributed by atoms with Crippen molar-refractivity contribution >= 4 is 5.97 Å². The van der Waals surface area contributed by atoms with Gasteiger partial charge in [0, 0.05) is 11.7 Å². The van der Waals surface area contributed by atoms with Crippen molar-refractivity contribution in [3.63, 3.8) is 0 Å². The molecule has 3 unspecified atom stereocenters. The summed E-state index contributed by atoms with van der Waals surface area (Å²) < 4.78 is 5.55. The van der Waals surface area contributed by atoms with Gasteiger partial charge in [-0.05, 0) is 49.2 Å². The van der Waals surface area contributed by atoms with Crippen LogP contribution >= 0.6 is 0 Å². The van der Waals surface area contributed by atoms with Crippen molar-refractivity contribution in [3.05, 3.63) is 23.4 Å². The molecule has 152 valence electrons. The van der Waals surface area contributed by atoms with E-state index in [4.69, 9.17) is 4.74 Å². The standard InChI is InChI=1S/C23H38N2O2/c1-7-10-11-18(9-3)16-27-22(26)21(15-24)19-12-20(25-17(4)8-2)14-23(5,6)13-19/h12-13,17-18,21,25H,7-11,14,16H2,1-6H3. The second-order valence-electron chi connectivity index (χ2n) is 8.54. The molecule has 0 spiro atoms. The highest BCUT2D eigenvalue weighted by Crippen LogP contribution is 2.35. The van der Waals surface area contributed by atoms with Gasteiger partial charge >= 0.3 is 5.97 Å². The Morgan fingerprint density at radius 2 is 2.04 bits per heavy atom. The molecule has 0 amide bonds. The van der Waals surface area contributed by atoms with Crippen molar-refractivity contribution in [2.75, 3.05) is 6.61 Å². The van der Waals surface area contributed by atoms with E-state index in [9.17, 15) is 10.1 Å². The quantitative estimate of drug-likeness (QED) is 0.484. The average Bonchev–Trinajstić information content (AvgIpc) is 2.61. The number of allylic oxidation sites excluding steroid dienone is 3. The van der Waals surface area contributed by atoms with E-state index in [1.807, 2.05) is 6.08 Å². The molecular weight excluding hydrogens is 336 g/mol. The summed E-state index contributed by atoms with van der Waals surface area (Å²) in [6.45, 7) is 13.2. The van der Waals surface area contributed by atoms with Crippen molar-refractivity contribution in [1.82, 2.24) is 5.32 Å². The normalized spacial score (nSPS) is 19.1. The van der Waals surface area contributed by atoms with Crippen LogP contribution in [0.4, 0.5) is 0 Å². The van der Waals surface area contributed by atoms with E-state index in [2.05, 4.69) is 59.0 Å². The first-order chi connectivity index (χ1) is 12.8. The summed E-state index contributed by atoms with van der Waals surface area (Å²) in [7, 11) is 0. The minimum Gasteiger partial charge on any atom is -0.464 e. The van der Waals surface area contributed by atoms with Crippen LogP contribution in [-0.2, 0) is 9.53 Å². The Kier molecular flexibility index (Phi) is 9.63. The number of ether oxygens (including phenoxy) is 1. The molecule has 1 aliphatic rings. The van der Waals surface area contributed by atoms with Crippen LogP contribution in [0.3, 0.4) is 0 Å². The number of nitriles is 1. The van der Waals surface area contributed by atoms with Gasteiger partial charge in [-0.15, -0.1) is 0 Å². The number of carbonyl (C=O) groups excluding carboxylic acids is 1. The SMILES string of the molecule is CCCCC(CC)COC(=O)C(C#N)C1=CC(C)(C)CC(NC(C)CC)=C1. The van der Waals surface area contributed by atoms with Crippen LogP contribution in [0.5, 0.6) is 0 Å².